The number of carbonyl (C=O) groups excluding carboxylic acids is 2. The molecule has 0 aliphatic carbocycles. The first-order chi connectivity index (χ1) is 28.1. The largest absolute Gasteiger partial charge is 0.647 e. The Morgan fingerprint density at radius 1 is 0.456 bits per heavy atom. The summed E-state index contributed by atoms with van der Waals surface area (Å²) in [6, 6.07) is 0. The molecule has 0 N–H and O–H groups in total. The molecule has 0 fully saturated rings. The first kappa shape index (κ1) is 55.9. The van der Waals surface area contributed by atoms with Crippen molar-refractivity contribution in [1.82, 2.24) is 0 Å². The molecule has 0 radical (unpaired) electrons. The number of thiocyanates is 1. The van der Waals surface area contributed by atoms with Crippen molar-refractivity contribution in [1.29, 1.82) is 5.26 Å². The van der Waals surface area contributed by atoms with Crippen LogP contribution in [0.15, 0.2) is 0 Å². The topological polar surface area (TPSA) is 94.9 Å². The summed E-state index contributed by atoms with van der Waals surface area (Å²) in [5.41, 5.74) is 0. The van der Waals surface area contributed by atoms with Crippen molar-refractivity contribution in [3.63, 3.8) is 0 Å². The highest BCUT2D eigenvalue weighted by atomic mass is 32.2. The average Bonchev–Trinajstić information content (AvgIpc) is 3.20. The van der Waals surface area contributed by atoms with Crippen LogP contribution in [0.5, 0.6) is 0 Å². The van der Waals surface area contributed by atoms with Gasteiger partial charge < -0.3 is 8.85 Å². The molecule has 0 aromatic heterocycles. The van der Waals surface area contributed by atoms with Gasteiger partial charge in [0.25, 0.3) is 11.9 Å². The SMILES string of the molecule is CCCCCCCCCCCCCCCCCC(=O)O[SiH](OOCC(CCCCCCCCC)SC#N)OC(=O)CCCCCCCCCCCCCCCCC. The standard InChI is InChI=1S/C48H93NO6SSi/c1-4-7-10-13-16-18-20-22-24-26-28-30-33-36-39-42-47(50)53-57(55-52-44-46(56-45-49)41-38-35-32-15-12-9-6-3)54-48(51)43-40-37-34-31-29-27-25-23-21-19-17-14-11-8-5-2/h46,57H,4-44H2,1-3H3. The Morgan fingerprint density at radius 3 is 1.04 bits per heavy atom. The van der Waals surface area contributed by atoms with E-state index in [2.05, 4.69) is 26.2 Å². The zero-order valence-corrected chi connectivity index (χ0v) is 39.9. The molecule has 0 saturated carbocycles. The summed E-state index contributed by atoms with van der Waals surface area (Å²) in [6.07, 6.45) is 47.8. The molecule has 0 saturated heterocycles. The number of nitriles is 1. The molecule has 1 unspecified atom stereocenters. The van der Waals surface area contributed by atoms with Crippen LogP contribution in [0.4, 0.5) is 0 Å². The number of thioether (sulfide) groups is 1. The quantitative estimate of drug-likeness (QED) is 0.0197. The highest BCUT2D eigenvalue weighted by Crippen LogP contribution is 2.20. The van der Waals surface area contributed by atoms with Crippen LogP contribution in [0.3, 0.4) is 0 Å². The third-order valence-corrected chi connectivity index (χ3v) is 13.2. The van der Waals surface area contributed by atoms with Gasteiger partial charge in [-0.05, 0) is 31.0 Å². The molecule has 0 bridgehead atoms. The summed E-state index contributed by atoms with van der Waals surface area (Å²) in [5, 5.41) is 11.5. The molecule has 0 aromatic rings. The molecule has 0 aliphatic heterocycles. The highest BCUT2D eigenvalue weighted by molar-refractivity contribution is 8.04. The second kappa shape index (κ2) is 47.6. The summed E-state index contributed by atoms with van der Waals surface area (Å²) >= 11 is 1.18. The van der Waals surface area contributed by atoms with E-state index >= 15 is 0 Å². The zero-order chi connectivity index (χ0) is 41.5. The van der Waals surface area contributed by atoms with E-state index in [-0.39, 0.29) is 24.7 Å². The van der Waals surface area contributed by atoms with E-state index in [0.717, 1.165) is 57.8 Å². The minimum atomic E-state index is -3.18. The van der Waals surface area contributed by atoms with Crippen LogP contribution >= 0.6 is 11.8 Å². The van der Waals surface area contributed by atoms with Gasteiger partial charge >= 0.3 is 9.53 Å². The molecule has 1 atom stereocenters. The van der Waals surface area contributed by atoms with E-state index in [1.165, 1.54) is 198 Å². The number of hydrogen-bond donors (Lipinski definition) is 0. The minimum absolute atomic E-state index is 0.0488. The predicted octanol–water partition coefficient (Wildman–Crippen LogP) is 16.0. The second-order valence-corrected chi connectivity index (χ2v) is 19.1. The summed E-state index contributed by atoms with van der Waals surface area (Å²) < 4.78 is 16.7. The van der Waals surface area contributed by atoms with E-state index in [0.29, 0.717) is 0 Å². The lowest BCUT2D eigenvalue weighted by Gasteiger charge is -2.17. The molecule has 0 amide bonds. The zero-order valence-electron chi connectivity index (χ0n) is 38.0. The number of carbonyl (C=O) groups is 2. The Kier molecular flexibility index (Phi) is 46.7. The average molecular weight is 840 g/mol. The van der Waals surface area contributed by atoms with Gasteiger partial charge in [0.05, 0.1) is 6.61 Å². The van der Waals surface area contributed by atoms with E-state index in [1.807, 2.05) is 0 Å². The molecule has 0 aliphatic rings. The molecule has 7 nitrogen and oxygen atoms in total. The molecule has 57 heavy (non-hydrogen) atoms. The first-order valence-corrected chi connectivity index (χ1v) is 27.1. The van der Waals surface area contributed by atoms with Crippen LogP contribution < -0.4 is 0 Å². The maximum atomic E-state index is 12.8. The van der Waals surface area contributed by atoms with Crippen molar-refractivity contribution in [2.45, 2.75) is 283 Å². The van der Waals surface area contributed by atoms with Crippen LogP contribution in [0.25, 0.3) is 0 Å². The normalized spacial score (nSPS) is 11.9. The van der Waals surface area contributed by atoms with Gasteiger partial charge in [-0.25, -0.2) is 9.46 Å². The fourth-order valence-corrected chi connectivity index (χ4v) is 8.97. The Balaban J connectivity index is 4.43. The maximum Gasteiger partial charge on any atom is 0.647 e. The number of rotatable bonds is 47. The Hall–Kier alpha value is -1.08. The van der Waals surface area contributed by atoms with Gasteiger partial charge in [-0.15, -0.1) is 0 Å². The smallest absolute Gasteiger partial charge is 0.465 e. The number of nitrogens with zero attached hydrogens (tertiary/aromatic N) is 1. The molecular weight excluding hydrogens is 747 g/mol. The maximum absolute atomic E-state index is 12.8. The van der Waals surface area contributed by atoms with E-state index in [1.54, 1.807) is 0 Å². The van der Waals surface area contributed by atoms with Gasteiger partial charge in [0.2, 0.25) is 0 Å². The van der Waals surface area contributed by atoms with Crippen LogP contribution in [0, 0.1) is 10.7 Å². The fourth-order valence-electron chi connectivity index (χ4n) is 7.43. The fraction of sp³-hybridized carbons (Fsp3) is 0.938. The van der Waals surface area contributed by atoms with E-state index < -0.39 is 21.5 Å². The van der Waals surface area contributed by atoms with Gasteiger partial charge in [-0.2, -0.15) is 5.26 Å². The molecular formula is C48H93NO6SSi. The Bertz CT molecular complexity index is 841. The van der Waals surface area contributed by atoms with E-state index in [9.17, 15) is 14.9 Å². The van der Waals surface area contributed by atoms with Gasteiger partial charge in [0.1, 0.15) is 5.40 Å². The number of unbranched alkanes of at least 4 members (excludes halogenated alkanes) is 34. The van der Waals surface area contributed by atoms with Crippen molar-refractivity contribution in [2.75, 3.05) is 6.61 Å². The van der Waals surface area contributed by atoms with Crippen molar-refractivity contribution < 1.29 is 27.9 Å². The lowest BCUT2D eigenvalue weighted by atomic mass is 10.0. The summed E-state index contributed by atoms with van der Waals surface area (Å²) in [6.45, 7) is 6.96. The van der Waals surface area contributed by atoms with Gasteiger partial charge in [-0.3, -0.25) is 9.59 Å². The molecule has 0 heterocycles. The molecule has 336 valence electrons. The van der Waals surface area contributed by atoms with E-state index in [4.69, 9.17) is 18.3 Å². The van der Waals surface area contributed by atoms with Gasteiger partial charge in [0, 0.05) is 18.1 Å². The second-order valence-electron chi connectivity index (χ2n) is 16.8. The van der Waals surface area contributed by atoms with Crippen LogP contribution in [-0.2, 0) is 27.9 Å². The van der Waals surface area contributed by atoms with Crippen molar-refractivity contribution in [3.05, 3.63) is 0 Å². The third-order valence-electron chi connectivity index (χ3n) is 11.2. The number of hydrogen-bond acceptors (Lipinski definition) is 8. The lowest BCUT2D eigenvalue weighted by molar-refractivity contribution is -0.238. The van der Waals surface area contributed by atoms with Crippen LogP contribution in [0.2, 0.25) is 0 Å². The van der Waals surface area contributed by atoms with Crippen LogP contribution in [-0.4, -0.2) is 33.3 Å². The van der Waals surface area contributed by atoms with Gasteiger partial charge in [-0.1, -0.05) is 245 Å². The third kappa shape index (κ3) is 44.3. The summed E-state index contributed by atoms with van der Waals surface area (Å²) in [5.74, 6) is -0.786. The Morgan fingerprint density at radius 2 is 0.737 bits per heavy atom. The van der Waals surface area contributed by atoms with Crippen molar-refractivity contribution in [2.24, 2.45) is 0 Å². The molecule has 0 rings (SSSR count). The predicted molar refractivity (Wildman–Crippen MR) is 245 cm³/mol. The van der Waals surface area contributed by atoms with Crippen LogP contribution in [0.1, 0.15) is 278 Å². The highest BCUT2D eigenvalue weighted by Gasteiger charge is 2.27. The lowest BCUT2D eigenvalue weighted by Crippen LogP contribution is -2.33. The molecule has 9 heteroatoms. The monoisotopic (exact) mass is 840 g/mol. The summed E-state index contributed by atoms with van der Waals surface area (Å²) in [4.78, 5) is 31.1. The van der Waals surface area contributed by atoms with Crippen molar-refractivity contribution >= 4 is 33.2 Å². The Labute approximate surface area is 359 Å². The first-order valence-electron chi connectivity index (χ1n) is 24.8. The summed E-state index contributed by atoms with van der Waals surface area (Å²) in [7, 11) is -3.18. The van der Waals surface area contributed by atoms with Gasteiger partial charge in [0.15, 0.2) is 0 Å². The molecule has 0 spiro atoms. The molecule has 0 aromatic carbocycles. The van der Waals surface area contributed by atoms with Crippen molar-refractivity contribution in [3.8, 4) is 5.40 Å². The minimum Gasteiger partial charge on any atom is -0.465 e.